The lowest BCUT2D eigenvalue weighted by Gasteiger charge is -2.27. The summed E-state index contributed by atoms with van der Waals surface area (Å²) in [4.78, 5) is 12.6. The molecule has 1 aliphatic rings. The van der Waals surface area contributed by atoms with Crippen molar-refractivity contribution in [3.8, 4) is 0 Å². The molecule has 1 fully saturated rings. The lowest BCUT2D eigenvalue weighted by Crippen LogP contribution is -2.37. The zero-order valence-electron chi connectivity index (χ0n) is 12.8. The lowest BCUT2D eigenvalue weighted by molar-refractivity contribution is 0.0922. The summed E-state index contributed by atoms with van der Waals surface area (Å²) in [6, 6.07) is 4.92. The summed E-state index contributed by atoms with van der Waals surface area (Å²) in [6.07, 6.45) is 5.41. The van der Waals surface area contributed by atoms with Crippen LogP contribution in [0.2, 0.25) is 0 Å². The van der Waals surface area contributed by atoms with Crippen molar-refractivity contribution in [3.05, 3.63) is 29.3 Å². The Labute approximate surface area is 126 Å². The number of hydrogen-bond donors (Lipinski definition) is 1. The topological polar surface area (TPSA) is 63.2 Å². The highest BCUT2D eigenvalue weighted by Gasteiger charge is 2.21. The van der Waals surface area contributed by atoms with E-state index in [1.54, 1.807) is 12.1 Å². The van der Waals surface area contributed by atoms with E-state index in [-0.39, 0.29) is 16.8 Å². The molecule has 0 aliphatic heterocycles. The Morgan fingerprint density at radius 1 is 1.19 bits per heavy atom. The fourth-order valence-electron chi connectivity index (χ4n) is 2.74. The second-order valence-corrected chi connectivity index (χ2v) is 8.19. The molecule has 2 rings (SSSR count). The van der Waals surface area contributed by atoms with E-state index in [1.165, 1.54) is 6.07 Å². The Morgan fingerprint density at radius 3 is 2.38 bits per heavy atom. The zero-order chi connectivity index (χ0) is 15.6. The molecule has 1 aromatic rings. The molecule has 0 unspecified atom stereocenters. The molecule has 116 valence electrons. The van der Waals surface area contributed by atoms with E-state index in [2.05, 4.69) is 12.2 Å². The van der Waals surface area contributed by atoms with E-state index < -0.39 is 9.84 Å². The SMILES string of the molecule is Cc1ccc(S(C)(=O)=O)cc1C(=O)NC1CCC(C)CC1. The highest BCUT2D eigenvalue weighted by molar-refractivity contribution is 7.90. The largest absolute Gasteiger partial charge is 0.349 e. The molecular formula is C16H23NO3S. The maximum Gasteiger partial charge on any atom is 0.251 e. The molecule has 1 saturated carbocycles. The van der Waals surface area contributed by atoms with Crippen LogP contribution >= 0.6 is 0 Å². The first-order chi connectivity index (χ1) is 9.77. The smallest absolute Gasteiger partial charge is 0.251 e. The van der Waals surface area contributed by atoms with E-state index in [0.29, 0.717) is 5.56 Å². The number of rotatable bonds is 3. The minimum Gasteiger partial charge on any atom is -0.349 e. The van der Waals surface area contributed by atoms with Crippen molar-refractivity contribution >= 4 is 15.7 Å². The van der Waals surface area contributed by atoms with Gasteiger partial charge in [0.1, 0.15) is 0 Å². The van der Waals surface area contributed by atoms with Crippen LogP contribution in [0.15, 0.2) is 23.1 Å². The van der Waals surface area contributed by atoms with Gasteiger partial charge in [-0.1, -0.05) is 13.0 Å². The van der Waals surface area contributed by atoms with E-state index in [1.807, 2.05) is 6.92 Å². The zero-order valence-corrected chi connectivity index (χ0v) is 13.7. The van der Waals surface area contributed by atoms with Crippen molar-refractivity contribution < 1.29 is 13.2 Å². The van der Waals surface area contributed by atoms with Gasteiger partial charge in [0, 0.05) is 17.9 Å². The molecule has 5 heteroatoms. The van der Waals surface area contributed by atoms with Gasteiger partial charge in [-0.2, -0.15) is 0 Å². The standard InChI is InChI=1S/C16H23NO3S/c1-11-4-7-13(8-5-11)17-16(18)15-10-14(21(3,19)20)9-6-12(15)2/h6,9-11,13H,4-5,7-8H2,1-3H3,(H,17,18). The van der Waals surface area contributed by atoms with Gasteiger partial charge in [-0.05, 0) is 56.2 Å². The quantitative estimate of drug-likeness (QED) is 0.933. The third-order valence-corrected chi connectivity index (χ3v) is 5.34. The lowest BCUT2D eigenvalue weighted by atomic mass is 9.87. The molecule has 1 aromatic carbocycles. The van der Waals surface area contributed by atoms with E-state index in [9.17, 15) is 13.2 Å². The second-order valence-electron chi connectivity index (χ2n) is 6.18. The van der Waals surface area contributed by atoms with Gasteiger partial charge in [0.2, 0.25) is 0 Å². The van der Waals surface area contributed by atoms with Crippen LogP contribution < -0.4 is 5.32 Å². The Bertz CT molecular complexity index is 629. The first-order valence-electron chi connectivity index (χ1n) is 7.39. The van der Waals surface area contributed by atoms with Gasteiger partial charge in [0.05, 0.1) is 4.90 Å². The van der Waals surface area contributed by atoms with Crippen molar-refractivity contribution in [1.29, 1.82) is 0 Å². The molecule has 0 saturated heterocycles. The number of sulfone groups is 1. The van der Waals surface area contributed by atoms with Crippen molar-refractivity contribution in [2.45, 2.75) is 50.5 Å². The highest BCUT2D eigenvalue weighted by Crippen LogP contribution is 2.24. The summed E-state index contributed by atoms with van der Waals surface area (Å²) in [7, 11) is -3.30. The molecule has 0 aromatic heterocycles. The van der Waals surface area contributed by atoms with Gasteiger partial charge in [0.15, 0.2) is 9.84 Å². The fraction of sp³-hybridized carbons (Fsp3) is 0.562. The first-order valence-corrected chi connectivity index (χ1v) is 9.28. The Morgan fingerprint density at radius 2 is 1.81 bits per heavy atom. The summed E-state index contributed by atoms with van der Waals surface area (Å²) in [5.74, 6) is 0.561. The van der Waals surface area contributed by atoms with Crippen LogP contribution in [0.1, 0.15) is 48.5 Å². The van der Waals surface area contributed by atoms with Gasteiger partial charge < -0.3 is 5.32 Å². The monoisotopic (exact) mass is 309 g/mol. The molecule has 1 aliphatic carbocycles. The predicted octanol–water partition coefficient (Wildman–Crippen LogP) is 2.71. The molecular weight excluding hydrogens is 286 g/mol. The molecule has 0 heterocycles. The van der Waals surface area contributed by atoms with Gasteiger partial charge in [-0.3, -0.25) is 4.79 Å². The molecule has 4 nitrogen and oxygen atoms in total. The number of carbonyl (C=O) groups excluding carboxylic acids is 1. The number of benzene rings is 1. The van der Waals surface area contributed by atoms with Crippen molar-refractivity contribution in [1.82, 2.24) is 5.32 Å². The normalized spacial score (nSPS) is 22.8. The van der Waals surface area contributed by atoms with Crippen LogP contribution in [-0.4, -0.2) is 26.6 Å². The first kappa shape index (κ1) is 16.0. The molecule has 1 amide bonds. The van der Waals surface area contributed by atoms with Crippen molar-refractivity contribution in [2.24, 2.45) is 5.92 Å². The van der Waals surface area contributed by atoms with Crippen LogP contribution in [-0.2, 0) is 9.84 Å². The third kappa shape index (κ3) is 4.06. The third-order valence-electron chi connectivity index (χ3n) is 4.23. The van der Waals surface area contributed by atoms with E-state index >= 15 is 0 Å². The summed E-state index contributed by atoms with van der Waals surface area (Å²) in [6.45, 7) is 4.06. The number of amides is 1. The van der Waals surface area contributed by atoms with Gasteiger partial charge >= 0.3 is 0 Å². The van der Waals surface area contributed by atoms with Crippen LogP contribution in [0, 0.1) is 12.8 Å². The molecule has 0 spiro atoms. The van der Waals surface area contributed by atoms with Gasteiger partial charge in [0.25, 0.3) is 5.91 Å². The number of nitrogens with one attached hydrogen (secondary N) is 1. The summed E-state index contributed by atoms with van der Waals surface area (Å²) in [5, 5.41) is 3.04. The van der Waals surface area contributed by atoms with E-state index in [4.69, 9.17) is 0 Å². The van der Waals surface area contributed by atoms with Gasteiger partial charge in [-0.25, -0.2) is 8.42 Å². The van der Waals surface area contributed by atoms with Gasteiger partial charge in [-0.15, -0.1) is 0 Å². The number of carbonyl (C=O) groups is 1. The van der Waals surface area contributed by atoms with E-state index in [0.717, 1.165) is 43.4 Å². The van der Waals surface area contributed by atoms with Crippen molar-refractivity contribution in [2.75, 3.05) is 6.26 Å². The highest BCUT2D eigenvalue weighted by atomic mass is 32.2. The van der Waals surface area contributed by atoms with Crippen LogP contribution in [0.5, 0.6) is 0 Å². The molecule has 1 N–H and O–H groups in total. The van der Waals surface area contributed by atoms with Crippen molar-refractivity contribution in [3.63, 3.8) is 0 Å². The molecule has 0 radical (unpaired) electrons. The predicted molar refractivity (Wildman–Crippen MR) is 83.2 cm³/mol. The number of aryl methyl sites for hydroxylation is 1. The maximum absolute atomic E-state index is 12.4. The Hall–Kier alpha value is -1.36. The summed E-state index contributed by atoms with van der Waals surface area (Å²) < 4.78 is 23.2. The van der Waals surface area contributed by atoms with Crippen LogP contribution in [0.4, 0.5) is 0 Å². The average Bonchev–Trinajstić information content (AvgIpc) is 2.40. The minimum atomic E-state index is -3.30. The fourth-order valence-corrected chi connectivity index (χ4v) is 3.39. The van der Waals surface area contributed by atoms with Crippen LogP contribution in [0.3, 0.4) is 0 Å². The maximum atomic E-state index is 12.4. The van der Waals surface area contributed by atoms with Crippen LogP contribution in [0.25, 0.3) is 0 Å². The second kappa shape index (κ2) is 6.18. The molecule has 21 heavy (non-hydrogen) atoms. The average molecular weight is 309 g/mol. The Kier molecular flexibility index (Phi) is 4.71. The molecule has 0 atom stereocenters. The summed E-state index contributed by atoms with van der Waals surface area (Å²) >= 11 is 0. The number of hydrogen-bond acceptors (Lipinski definition) is 3. The molecule has 0 bridgehead atoms. The summed E-state index contributed by atoms with van der Waals surface area (Å²) in [5.41, 5.74) is 1.25. The minimum absolute atomic E-state index is 0.169. The Balaban J connectivity index is 2.15.